The summed E-state index contributed by atoms with van der Waals surface area (Å²) >= 11 is 1.60. The van der Waals surface area contributed by atoms with Gasteiger partial charge in [-0.05, 0) is 25.0 Å². The van der Waals surface area contributed by atoms with Gasteiger partial charge in [0.2, 0.25) is 0 Å². The lowest BCUT2D eigenvalue weighted by molar-refractivity contribution is -0.161. The second-order valence-corrected chi connectivity index (χ2v) is 7.81. The third kappa shape index (κ3) is 5.07. The van der Waals surface area contributed by atoms with Crippen LogP contribution in [-0.4, -0.2) is 41.5 Å². The van der Waals surface area contributed by atoms with E-state index in [0.29, 0.717) is 32.4 Å². The van der Waals surface area contributed by atoms with E-state index in [1.54, 1.807) is 28.4 Å². The smallest absolute Gasteiger partial charge is 0.312 e. The lowest BCUT2D eigenvalue weighted by Crippen LogP contribution is -2.39. The van der Waals surface area contributed by atoms with Crippen molar-refractivity contribution in [3.05, 3.63) is 54.6 Å². The number of carbonyl (C=O) groups is 2. The summed E-state index contributed by atoms with van der Waals surface area (Å²) < 4.78 is 6.55. The first-order valence-electron chi connectivity index (χ1n) is 9.50. The van der Waals surface area contributed by atoms with Crippen molar-refractivity contribution in [1.29, 1.82) is 0 Å². The fourth-order valence-corrected chi connectivity index (χ4v) is 4.22. The number of aromatic nitrogens is 1. The molecule has 0 fully saturated rings. The second kappa shape index (κ2) is 10.2. The molecule has 6 heteroatoms. The summed E-state index contributed by atoms with van der Waals surface area (Å²) in [6, 6.07) is 7.94. The van der Waals surface area contributed by atoms with Crippen LogP contribution in [0.25, 0.3) is 10.2 Å². The lowest BCUT2D eigenvalue weighted by Gasteiger charge is -2.28. The summed E-state index contributed by atoms with van der Waals surface area (Å²) in [7, 11) is 0. The summed E-state index contributed by atoms with van der Waals surface area (Å²) in [6.07, 6.45) is 5.03. The predicted molar refractivity (Wildman–Crippen MR) is 114 cm³/mol. The number of hydrogen-bond donors (Lipinski definition) is 0. The number of thiazole rings is 1. The van der Waals surface area contributed by atoms with Crippen LogP contribution < -0.4 is 0 Å². The number of amides is 1. The number of ether oxygens (including phenoxy) is 1. The first kappa shape index (κ1) is 21.8. The predicted octanol–water partition coefficient (Wildman–Crippen LogP) is 4.39. The lowest BCUT2D eigenvalue weighted by atomic mass is 9.79. The van der Waals surface area contributed by atoms with Crippen molar-refractivity contribution < 1.29 is 14.3 Å². The average Bonchev–Trinajstić information content (AvgIpc) is 3.12. The minimum Gasteiger partial charge on any atom is -0.455 e. The summed E-state index contributed by atoms with van der Waals surface area (Å²) in [5.41, 5.74) is 0.257. The zero-order chi connectivity index (χ0) is 20.6. The molecule has 1 heterocycles. The van der Waals surface area contributed by atoms with Gasteiger partial charge in [-0.2, -0.15) is 0 Å². The number of fused-ring (bicyclic) bond motifs is 1. The monoisotopic (exact) mass is 400 g/mol. The van der Waals surface area contributed by atoms with Crippen LogP contribution in [0.1, 0.15) is 31.7 Å². The molecule has 0 aliphatic rings. The van der Waals surface area contributed by atoms with Crippen molar-refractivity contribution in [2.45, 2.75) is 33.1 Å². The average molecular weight is 401 g/mol. The molecule has 0 saturated heterocycles. The van der Waals surface area contributed by atoms with Crippen LogP contribution >= 0.6 is 11.3 Å². The Hall–Kier alpha value is -2.47. The van der Waals surface area contributed by atoms with Crippen LogP contribution in [0.4, 0.5) is 0 Å². The first-order chi connectivity index (χ1) is 13.5. The van der Waals surface area contributed by atoms with E-state index in [2.05, 4.69) is 18.1 Å². The highest BCUT2D eigenvalue weighted by Crippen LogP contribution is 2.35. The highest BCUT2D eigenvalue weighted by Gasteiger charge is 2.38. The molecule has 0 N–H and O–H groups in total. The Morgan fingerprint density at radius 1 is 1.18 bits per heavy atom. The number of rotatable bonds is 11. The van der Waals surface area contributed by atoms with Crippen molar-refractivity contribution in [3.8, 4) is 0 Å². The van der Waals surface area contributed by atoms with Crippen molar-refractivity contribution in [2.75, 3.05) is 19.7 Å². The van der Waals surface area contributed by atoms with Gasteiger partial charge in [0.05, 0.1) is 20.6 Å². The maximum Gasteiger partial charge on any atom is 0.312 e. The Morgan fingerprint density at radius 2 is 1.82 bits per heavy atom. The Labute approximate surface area is 170 Å². The van der Waals surface area contributed by atoms with E-state index in [0.717, 1.165) is 15.2 Å². The molecule has 0 radical (unpaired) electrons. The van der Waals surface area contributed by atoms with Gasteiger partial charge in [0, 0.05) is 19.5 Å². The maximum atomic E-state index is 12.9. The Kier molecular flexibility index (Phi) is 7.93. The molecule has 0 saturated carbocycles. The molecule has 2 aromatic rings. The molecular formula is C22H28N2O3S. The molecule has 0 aliphatic heterocycles. The number of nitrogens with zero attached hydrogens (tertiary/aromatic N) is 2. The molecule has 1 aromatic carbocycles. The van der Waals surface area contributed by atoms with E-state index in [4.69, 9.17) is 4.74 Å². The highest BCUT2D eigenvalue weighted by molar-refractivity contribution is 7.18. The number of esters is 1. The van der Waals surface area contributed by atoms with Gasteiger partial charge >= 0.3 is 5.97 Å². The minimum absolute atomic E-state index is 0.255. The van der Waals surface area contributed by atoms with Crippen LogP contribution in [0, 0.1) is 5.41 Å². The molecule has 0 aliphatic carbocycles. The van der Waals surface area contributed by atoms with Gasteiger partial charge in [-0.3, -0.25) is 9.59 Å². The summed E-state index contributed by atoms with van der Waals surface area (Å²) in [4.78, 5) is 31.5. The molecule has 1 aromatic heterocycles. The molecule has 150 valence electrons. The topological polar surface area (TPSA) is 59.5 Å². The minimum atomic E-state index is -0.685. The largest absolute Gasteiger partial charge is 0.455 e. The summed E-state index contributed by atoms with van der Waals surface area (Å²) in [5, 5.41) is 0.910. The highest BCUT2D eigenvalue weighted by atomic mass is 32.1. The second-order valence-electron chi connectivity index (χ2n) is 6.69. The zero-order valence-electron chi connectivity index (χ0n) is 16.6. The van der Waals surface area contributed by atoms with E-state index in [9.17, 15) is 9.59 Å². The standard InChI is InChI=1S/C22H28N2O3S/c1-5-13-24(14-6-2)20(25)16-27-21(26)22(7-3,8-4)15-19-23-17-11-9-10-12-18(17)28-19/h5-6,9-12H,1-2,7-8,13-16H2,3-4H3. The number of carbonyl (C=O) groups excluding carboxylic acids is 2. The molecule has 1 amide bonds. The molecule has 5 nitrogen and oxygen atoms in total. The summed E-state index contributed by atoms with van der Waals surface area (Å²) in [6.45, 7) is 11.7. The molecule has 28 heavy (non-hydrogen) atoms. The van der Waals surface area contributed by atoms with Gasteiger partial charge in [-0.25, -0.2) is 4.98 Å². The third-order valence-corrected chi connectivity index (χ3v) is 6.03. The quantitative estimate of drug-likeness (QED) is 0.415. The molecule has 0 spiro atoms. The summed E-state index contributed by atoms with van der Waals surface area (Å²) in [5.74, 6) is -0.600. The number of hydrogen-bond acceptors (Lipinski definition) is 5. The van der Waals surface area contributed by atoms with Crippen molar-refractivity contribution in [3.63, 3.8) is 0 Å². The SMILES string of the molecule is C=CCN(CC=C)C(=O)COC(=O)C(CC)(CC)Cc1nc2ccccc2s1. The van der Waals surface area contributed by atoms with E-state index in [-0.39, 0.29) is 18.5 Å². The zero-order valence-corrected chi connectivity index (χ0v) is 17.5. The van der Waals surface area contributed by atoms with Crippen LogP contribution in [0.3, 0.4) is 0 Å². The molecule has 2 rings (SSSR count). The van der Waals surface area contributed by atoms with Crippen LogP contribution in [0.2, 0.25) is 0 Å². The molecule has 0 unspecified atom stereocenters. The number of benzene rings is 1. The molecule has 0 atom stereocenters. The van der Waals surface area contributed by atoms with Gasteiger partial charge in [-0.1, -0.05) is 38.1 Å². The van der Waals surface area contributed by atoms with E-state index < -0.39 is 5.41 Å². The van der Waals surface area contributed by atoms with Gasteiger partial charge in [-0.15, -0.1) is 24.5 Å². The third-order valence-electron chi connectivity index (χ3n) is 4.99. The van der Waals surface area contributed by atoms with Gasteiger partial charge in [0.1, 0.15) is 0 Å². The van der Waals surface area contributed by atoms with Gasteiger partial charge in [0.15, 0.2) is 6.61 Å². The van der Waals surface area contributed by atoms with Gasteiger partial charge < -0.3 is 9.64 Å². The van der Waals surface area contributed by atoms with Crippen molar-refractivity contribution in [2.24, 2.45) is 5.41 Å². The maximum absolute atomic E-state index is 12.9. The van der Waals surface area contributed by atoms with Crippen LogP contribution in [-0.2, 0) is 20.7 Å². The van der Waals surface area contributed by atoms with Crippen molar-refractivity contribution >= 4 is 33.4 Å². The van der Waals surface area contributed by atoms with Crippen LogP contribution in [0.5, 0.6) is 0 Å². The van der Waals surface area contributed by atoms with E-state index in [1.165, 1.54) is 0 Å². The molecular weight excluding hydrogens is 372 g/mol. The normalized spacial score (nSPS) is 11.2. The van der Waals surface area contributed by atoms with Crippen molar-refractivity contribution in [1.82, 2.24) is 9.88 Å². The van der Waals surface area contributed by atoms with E-state index in [1.807, 2.05) is 38.1 Å². The first-order valence-corrected chi connectivity index (χ1v) is 10.3. The Balaban J connectivity index is 2.10. The Bertz CT molecular complexity index is 796. The fourth-order valence-electron chi connectivity index (χ4n) is 3.11. The molecule has 0 bridgehead atoms. The van der Waals surface area contributed by atoms with E-state index >= 15 is 0 Å². The van der Waals surface area contributed by atoms with Crippen LogP contribution in [0.15, 0.2) is 49.6 Å². The fraction of sp³-hybridized carbons (Fsp3) is 0.409. The van der Waals surface area contributed by atoms with Gasteiger partial charge in [0.25, 0.3) is 5.91 Å². The number of para-hydroxylation sites is 1. The Morgan fingerprint density at radius 3 is 2.39 bits per heavy atom.